The molecule has 2 aromatic rings. The Labute approximate surface area is 94.5 Å². The topological polar surface area (TPSA) is 61.8 Å². The predicted molar refractivity (Wildman–Crippen MR) is 54.4 cm³/mol. The summed E-state index contributed by atoms with van der Waals surface area (Å²) >= 11 is 0. The molecule has 2 rings (SSSR count). The molecule has 0 bridgehead atoms. The average Bonchev–Trinajstić information content (AvgIpc) is 2.57. The number of aromatic amines is 1. The summed E-state index contributed by atoms with van der Waals surface area (Å²) in [7, 11) is 0. The summed E-state index contributed by atoms with van der Waals surface area (Å²) in [6.07, 6.45) is -7.65. The van der Waals surface area contributed by atoms with Gasteiger partial charge in [0.05, 0.1) is 5.52 Å². The molecule has 2 aromatic heterocycles. The van der Waals surface area contributed by atoms with Crippen molar-refractivity contribution in [2.45, 2.75) is 25.6 Å². The number of aliphatic hydroxyl groups is 1. The molecule has 0 fully saturated rings. The van der Waals surface area contributed by atoms with E-state index >= 15 is 0 Å². The zero-order valence-electron chi connectivity index (χ0n) is 8.91. The number of alkyl halides is 3. The molecule has 0 aliphatic rings. The van der Waals surface area contributed by atoms with E-state index in [9.17, 15) is 13.2 Å². The fraction of sp³-hybridized carbons (Fsp3) is 0.400. The average molecular weight is 245 g/mol. The number of hydrogen-bond donors (Lipinski definition) is 2. The van der Waals surface area contributed by atoms with E-state index in [4.69, 9.17) is 5.11 Å². The summed E-state index contributed by atoms with van der Waals surface area (Å²) in [5.74, 6) is 0.0722. The molecular weight excluding hydrogens is 235 g/mol. The maximum atomic E-state index is 12.1. The van der Waals surface area contributed by atoms with E-state index < -0.39 is 18.7 Å². The Hall–Kier alpha value is -1.63. The summed E-state index contributed by atoms with van der Waals surface area (Å²) in [5.41, 5.74) is 1.64. The smallest absolute Gasteiger partial charge is 0.383 e. The van der Waals surface area contributed by atoms with E-state index in [0.29, 0.717) is 11.2 Å². The van der Waals surface area contributed by atoms with Crippen LogP contribution in [0.25, 0.3) is 11.2 Å². The third-order valence-electron chi connectivity index (χ3n) is 2.30. The lowest BCUT2D eigenvalue weighted by atomic mass is 10.2. The van der Waals surface area contributed by atoms with Crippen molar-refractivity contribution >= 4 is 11.2 Å². The lowest BCUT2D eigenvalue weighted by molar-refractivity contribution is -0.203. The number of halogens is 3. The minimum atomic E-state index is -4.64. The van der Waals surface area contributed by atoms with Crippen molar-refractivity contribution in [3.05, 3.63) is 23.7 Å². The van der Waals surface area contributed by atoms with Gasteiger partial charge in [0.2, 0.25) is 0 Å². The molecule has 0 amide bonds. The van der Waals surface area contributed by atoms with Gasteiger partial charge in [-0.15, -0.1) is 0 Å². The van der Waals surface area contributed by atoms with E-state index in [1.54, 1.807) is 19.1 Å². The van der Waals surface area contributed by atoms with Gasteiger partial charge in [-0.1, -0.05) is 0 Å². The second-order valence-corrected chi connectivity index (χ2v) is 3.77. The van der Waals surface area contributed by atoms with Crippen LogP contribution in [0.4, 0.5) is 13.2 Å². The number of nitrogens with zero attached hydrogens (tertiary/aromatic N) is 2. The molecule has 0 aliphatic heterocycles. The minimum absolute atomic E-state index is 0.0722. The van der Waals surface area contributed by atoms with Crippen LogP contribution in [0.1, 0.15) is 11.5 Å². The number of rotatable bonds is 2. The summed E-state index contributed by atoms with van der Waals surface area (Å²) in [6, 6.07) is 3.42. The first-order valence-corrected chi connectivity index (χ1v) is 4.93. The number of aryl methyl sites for hydroxylation is 1. The number of aromatic nitrogens is 3. The quantitative estimate of drug-likeness (QED) is 0.847. The van der Waals surface area contributed by atoms with Gasteiger partial charge in [0.25, 0.3) is 0 Å². The van der Waals surface area contributed by atoms with Crippen LogP contribution in [0.5, 0.6) is 0 Å². The highest BCUT2D eigenvalue weighted by Crippen LogP contribution is 2.22. The van der Waals surface area contributed by atoms with E-state index in [-0.39, 0.29) is 5.82 Å². The van der Waals surface area contributed by atoms with Crippen molar-refractivity contribution < 1.29 is 18.3 Å². The zero-order valence-corrected chi connectivity index (χ0v) is 8.91. The maximum Gasteiger partial charge on any atom is 0.414 e. The van der Waals surface area contributed by atoms with Gasteiger partial charge in [-0.3, -0.25) is 0 Å². The molecule has 1 unspecified atom stereocenters. The summed E-state index contributed by atoms with van der Waals surface area (Å²) in [5, 5.41) is 8.91. The van der Waals surface area contributed by atoms with Crippen LogP contribution in [0, 0.1) is 6.92 Å². The van der Waals surface area contributed by atoms with E-state index in [1.807, 2.05) is 0 Å². The second-order valence-electron chi connectivity index (χ2n) is 3.77. The summed E-state index contributed by atoms with van der Waals surface area (Å²) in [4.78, 5) is 10.7. The Balaban J connectivity index is 2.25. The van der Waals surface area contributed by atoms with Gasteiger partial charge >= 0.3 is 6.18 Å². The molecule has 0 aliphatic carbocycles. The minimum Gasteiger partial charge on any atom is -0.383 e. The van der Waals surface area contributed by atoms with Gasteiger partial charge in [-0.25, -0.2) is 9.97 Å². The molecular formula is C10H10F3N3O. The maximum absolute atomic E-state index is 12.1. The van der Waals surface area contributed by atoms with Crippen molar-refractivity contribution in [3.8, 4) is 0 Å². The largest absolute Gasteiger partial charge is 0.414 e. The van der Waals surface area contributed by atoms with Crippen LogP contribution in [-0.4, -0.2) is 32.3 Å². The molecule has 0 saturated carbocycles. The third-order valence-corrected chi connectivity index (χ3v) is 2.30. The highest BCUT2D eigenvalue weighted by atomic mass is 19.4. The lowest BCUT2D eigenvalue weighted by Crippen LogP contribution is -2.30. The van der Waals surface area contributed by atoms with Crippen molar-refractivity contribution in [1.29, 1.82) is 0 Å². The number of nitrogens with one attached hydrogen (secondary N) is 1. The fourth-order valence-corrected chi connectivity index (χ4v) is 1.43. The Morgan fingerprint density at radius 2 is 2.06 bits per heavy atom. The molecule has 4 nitrogen and oxygen atoms in total. The molecule has 7 heteroatoms. The van der Waals surface area contributed by atoms with Crippen LogP contribution in [-0.2, 0) is 6.42 Å². The van der Waals surface area contributed by atoms with Crippen molar-refractivity contribution in [3.63, 3.8) is 0 Å². The molecule has 1 atom stereocenters. The Kier molecular flexibility index (Phi) is 2.78. The first-order valence-electron chi connectivity index (χ1n) is 4.93. The Morgan fingerprint density at radius 3 is 2.71 bits per heavy atom. The normalized spacial score (nSPS) is 14.2. The Morgan fingerprint density at radius 1 is 1.35 bits per heavy atom. The Bertz CT molecular complexity index is 535. The van der Waals surface area contributed by atoms with E-state index in [0.717, 1.165) is 5.69 Å². The fourth-order valence-electron chi connectivity index (χ4n) is 1.43. The van der Waals surface area contributed by atoms with Gasteiger partial charge < -0.3 is 10.1 Å². The van der Waals surface area contributed by atoms with Crippen LogP contribution >= 0.6 is 0 Å². The number of H-pyrrole nitrogens is 1. The first kappa shape index (κ1) is 11.8. The second kappa shape index (κ2) is 3.99. The highest BCUT2D eigenvalue weighted by Gasteiger charge is 2.38. The van der Waals surface area contributed by atoms with Crippen LogP contribution in [0.3, 0.4) is 0 Å². The standard InChI is InChI=1S/C10H10F3N3O/c1-5-2-3-6-9(14-5)16-8(15-6)4-7(17)10(11,12)13/h2-3,7,17H,4H2,1H3,(H,14,15,16). The number of imidazole rings is 1. The van der Waals surface area contributed by atoms with Gasteiger partial charge in [0.1, 0.15) is 5.82 Å². The monoisotopic (exact) mass is 245 g/mol. The zero-order chi connectivity index (χ0) is 12.6. The van der Waals surface area contributed by atoms with Crippen molar-refractivity contribution in [2.24, 2.45) is 0 Å². The van der Waals surface area contributed by atoms with Gasteiger partial charge in [0, 0.05) is 12.1 Å². The summed E-state index contributed by atoms with van der Waals surface area (Å²) < 4.78 is 36.4. The number of aliphatic hydroxyl groups excluding tert-OH is 1. The van der Waals surface area contributed by atoms with Gasteiger partial charge in [-0.2, -0.15) is 13.2 Å². The van der Waals surface area contributed by atoms with Crippen molar-refractivity contribution in [2.75, 3.05) is 0 Å². The van der Waals surface area contributed by atoms with Gasteiger partial charge in [-0.05, 0) is 19.1 Å². The summed E-state index contributed by atoms with van der Waals surface area (Å²) in [6.45, 7) is 1.76. The van der Waals surface area contributed by atoms with Crippen LogP contribution in [0.2, 0.25) is 0 Å². The predicted octanol–water partition coefficient (Wildman–Crippen LogP) is 1.73. The molecule has 2 N–H and O–H groups in total. The molecule has 92 valence electrons. The molecule has 0 aromatic carbocycles. The highest BCUT2D eigenvalue weighted by molar-refractivity contribution is 5.70. The molecule has 0 saturated heterocycles. The molecule has 0 spiro atoms. The van der Waals surface area contributed by atoms with E-state index in [2.05, 4.69) is 15.0 Å². The lowest BCUT2D eigenvalue weighted by Gasteiger charge is -2.12. The third kappa shape index (κ3) is 2.55. The number of hydrogen-bond acceptors (Lipinski definition) is 3. The van der Waals surface area contributed by atoms with Gasteiger partial charge in [0.15, 0.2) is 11.8 Å². The first-order chi connectivity index (χ1) is 7.86. The number of fused-ring (bicyclic) bond motifs is 1. The molecule has 0 radical (unpaired) electrons. The van der Waals surface area contributed by atoms with Crippen LogP contribution in [0.15, 0.2) is 12.1 Å². The number of pyridine rings is 1. The van der Waals surface area contributed by atoms with Crippen LogP contribution < -0.4 is 0 Å². The molecule has 17 heavy (non-hydrogen) atoms. The van der Waals surface area contributed by atoms with Crippen molar-refractivity contribution in [1.82, 2.24) is 15.0 Å². The SMILES string of the molecule is Cc1ccc2[nH]c(CC(O)C(F)(F)F)nc2n1. The van der Waals surface area contributed by atoms with E-state index in [1.165, 1.54) is 0 Å². The molecule has 2 heterocycles.